The van der Waals surface area contributed by atoms with E-state index in [4.69, 9.17) is 4.74 Å². The first-order valence-electron chi connectivity index (χ1n) is 9.15. The molecule has 136 valence electrons. The summed E-state index contributed by atoms with van der Waals surface area (Å²) in [5.74, 6) is 0.593. The highest BCUT2D eigenvalue weighted by atomic mass is 79.9. The fourth-order valence-corrected chi connectivity index (χ4v) is 3.61. The second kappa shape index (κ2) is 9.58. The minimum atomic E-state index is -0.0829. The number of benzene rings is 2. The van der Waals surface area contributed by atoms with Gasteiger partial charge < -0.3 is 10.1 Å². The third kappa shape index (κ3) is 5.46. The number of ether oxygens (including phenoxy) is 1. The van der Waals surface area contributed by atoms with Crippen molar-refractivity contribution in [1.82, 2.24) is 5.32 Å². The Labute approximate surface area is 163 Å². The fourth-order valence-electron chi connectivity index (χ4n) is 3.12. The summed E-state index contributed by atoms with van der Waals surface area (Å²) in [7, 11) is 0. The summed E-state index contributed by atoms with van der Waals surface area (Å²) < 4.78 is 6.50. The first kappa shape index (κ1) is 18.7. The molecule has 1 amide bonds. The monoisotopic (exact) mass is 413 g/mol. The third-order valence-corrected chi connectivity index (χ3v) is 5.17. The second-order valence-corrected chi connectivity index (χ2v) is 7.36. The molecule has 0 aromatic heterocycles. The summed E-state index contributed by atoms with van der Waals surface area (Å²) in [6.07, 6.45) is 8.18. The van der Waals surface area contributed by atoms with Crippen LogP contribution in [0.3, 0.4) is 0 Å². The standard InChI is InChI=1S/C22H24BrNO2/c23-20-15-19(18-9-5-2-6-10-18)11-12-21(20)26-16-22(25)24-14-13-17-7-3-1-4-8-17/h2,5-7,9-12,15H,1,3-4,8,13-14,16H2,(H,24,25). The lowest BCUT2D eigenvalue weighted by Gasteiger charge is -2.13. The number of hydrogen-bond acceptors (Lipinski definition) is 2. The van der Waals surface area contributed by atoms with Gasteiger partial charge in [0.2, 0.25) is 0 Å². The average Bonchev–Trinajstić information content (AvgIpc) is 2.68. The van der Waals surface area contributed by atoms with E-state index in [0.29, 0.717) is 12.3 Å². The van der Waals surface area contributed by atoms with Gasteiger partial charge in [0.25, 0.3) is 5.91 Å². The minimum absolute atomic E-state index is 0.0301. The zero-order chi connectivity index (χ0) is 18.2. The van der Waals surface area contributed by atoms with Gasteiger partial charge in [-0.05, 0) is 71.3 Å². The van der Waals surface area contributed by atoms with Crippen molar-refractivity contribution in [2.45, 2.75) is 32.1 Å². The van der Waals surface area contributed by atoms with E-state index < -0.39 is 0 Å². The molecule has 2 aromatic carbocycles. The number of rotatable bonds is 7. The molecule has 0 radical (unpaired) electrons. The van der Waals surface area contributed by atoms with Crippen LogP contribution in [0.1, 0.15) is 32.1 Å². The summed E-state index contributed by atoms with van der Waals surface area (Å²) in [5, 5.41) is 2.94. The number of hydrogen-bond donors (Lipinski definition) is 1. The zero-order valence-electron chi connectivity index (χ0n) is 14.8. The molecule has 1 aliphatic rings. The number of allylic oxidation sites excluding steroid dienone is 1. The van der Waals surface area contributed by atoms with Gasteiger partial charge in [0, 0.05) is 6.54 Å². The van der Waals surface area contributed by atoms with Gasteiger partial charge in [-0.2, -0.15) is 0 Å². The third-order valence-electron chi connectivity index (χ3n) is 4.55. The van der Waals surface area contributed by atoms with E-state index in [1.54, 1.807) is 0 Å². The van der Waals surface area contributed by atoms with Crippen molar-refractivity contribution in [2.75, 3.05) is 13.2 Å². The Bertz CT molecular complexity index is 771. The van der Waals surface area contributed by atoms with Crippen LogP contribution in [0.25, 0.3) is 11.1 Å². The summed E-state index contributed by atoms with van der Waals surface area (Å²) in [4.78, 5) is 12.0. The van der Waals surface area contributed by atoms with Crippen molar-refractivity contribution < 1.29 is 9.53 Å². The van der Waals surface area contributed by atoms with Crippen molar-refractivity contribution in [3.05, 3.63) is 64.7 Å². The van der Waals surface area contributed by atoms with Crippen LogP contribution in [0, 0.1) is 0 Å². The Hall–Kier alpha value is -2.07. The van der Waals surface area contributed by atoms with Crippen molar-refractivity contribution in [3.8, 4) is 16.9 Å². The average molecular weight is 414 g/mol. The molecule has 0 bridgehead atoms. The number of nitrogens with one attached hydrogen (secondary N) is 1. The lowest BCUT2D eigenvalue weighted by molar-refractivity contribution is -0.123. The maximum atomic E-state index is 12.0. The molecule has 1 N–H and O–H groups in total. The normalized spacial score (nSPS) is 13.8. The predicted octanol–water partition coefficient (Wildman–Crippen LogP) is 5.50. The molecule has 0 saturated carbocycles. The molecule has 0 atom stereocenters. The number of amides is 1. The van der Waals surface area contributed by atoms with Crippen molar-refractivity contribution in [1.29, 1.82) is 0 Å². The molecule has 0 fully saturated rings. The van der Waals surface area contributed by atoms with E-state index in [1.807, 2.05) is 36.4 Å². The van der Waals surface area contributed by atoms with Gasteiger partial charge in [0.05, 0.1) is 4.47 Å². The molecule has 0 saturated heterocycles. The first-order valence-corrected chi connectivity index (χ1v) is 9.94. The maximum absolute atomic E-state index is 12.0. The summed E-state index contributed by atoms with van der Waals surface area (Å²) in [6.45, 7) is 0.713. The number of carbonyl (C=O) groups is 1. The van der Waals surface area contributed by atoms with Gasteiger partial charge >= 0.3 is 0 Å². The maximum Gasteiger partial charge on any atom is 0.257 e. The summed E-state index contributed by atoms with van der Waals surface area (Å²) >= 11 is 3.54. The van der Waals surface area contributed by atoms with Crippen LogP contribution in [-0.4, -0.2) is 19.1 Å². The van der Waals surface area contributed by atoms with E-state index >= 15 is 0 Å². The quantitative estimate of drug-likeness (QED) is 0.608. The van der Waals surface area contributed by atoms with Gasteiger partial charge in [0.15, 0.2) is 6.61 Å². The van der Waals surface area contributed by atoms with Gasteiger partial charge in [-0.15, -0.1) is 0 Å². The van der Waals surface area contributed by atoms with Crippen molar-refractivity contribution in [2.24, 2.45) is 0 Å². The zero-order valence-corrected chi connectivity index (χ0v) is 16.4. The Kier molecular flexibility index (Phi) is 6.89. The number of halogens is 1. The smallest absolute Gasteiger partial charge is 0.257 e. The van der Waals surface area contributed by atoms with E-state index in [-0.39, 0.29) is 12.5 Å². The molecule has 26 heavy (non-hydrogen) atoms. The van der Waals surface area contributed by atoms with Gasteiger partial charge in [-0.1, -0.05) is 48.0 Å². The Morgan fingerprint density at radius 2 is 1.92 bits per heavy atom. The Balaban J connectivity index is 1.46. The second-order valence-electron chi connectivity index (χ2n) is 6.51. The van der Waals surface area contributed by atoms with Crippen molar-refractivity contribution >= 4 is 21.8 Å². The molecule has 0 heterocycles. The largest absolute Gasteiger partial charge is 0.483 e. The molecule has 2 aromatic rings. The van der Waals surface area contributed by atoms with Crippen LogP contribution >= 0.6 is 15.9 Å². The molecule has 3 rings (SSSR count). The Morgan fingerprint density at radius 3 is 2.65 bits per heavy atom. The molecule has 0 aliphatic heterocycles. The van der Waals surface area contributed by atoms with Crippen LogP contribution in [0.5, 0.6) is 5.75 Å². The molecule has 4 heteroatoms. The summed E-state index contributed by atoms with van der Waals surface area (Å²) in [6, 6.07) is 16.1. The minimum Gasteiger partial charge on any atom is -0.483 e. The molecular formula is C22H24BrNO2. The van der Waals surface area contributed by atoms with Gasteiger partial charge in [0.1, 0.15) is 5.75 Å². The van der Waals surface area contributed by atoms with E-state index in [0.717, 1.165) is 22.0 Å². The van der Waals surface area contributed by atoms with Crippen LogP contribution in [0.15, 0.2) is 64.7 Å². The number of carbonyl (C=O) groups excluding carboxylic acids is 1. The molecule has 0 spiro atoms. The highest BCUT2D eigenvalue weighted by Gasteiger charge is 2.08. The van der Waals surface area contributed by atoms with Gasteiger partial charge in [-0.25, -0.2) is 0 Å². The van der Waals surface area contributed by atoms with E-state index in [9.17, 15) is 4.79 Å². The van der Waals surface area contributed by atoms with Crippen LogP contribution in [0.4, 0.5) is 0 Å². The van der Waals surface area contributed by atoms with Crippen molar-refractivity contribution in [3.63, 3.8) is 0 Å². The van der Waals surface area contributed by atoms with E-state index in [2.05, 4.69) is 39.5 Å². The SMILES string of the molecule is O=C(COc1ccc(-c2ccccc2)cc1Br)NCCC1=CCCCC1. The lowest BCUT2D eigenvalue weighted by atomic mass is 9.97. The molecule has 3 nitrogen and oxygen atoms in total. The Morgan fingerprint density at radius 1 is 1.08 bits per heavy atom. The fraction of sp³-hybridized carbons (Fsp3) is 0.318. The molecule has 1 aliphatic carbocycles. The van der Waals surface area contributed by atoms with Crippen LogP contribution in [-0.2, 0) is 4.79 Å². The topological polar surface area (TPSA) is 38.3 Å². The molecular weight excluding hydrogens is 390 g/mol. The lowest BCUT2D eigenvalue weighted by Crippen LogP contribution is -2.30. The highest BCUT2D eigenvalue weighted by Crippen LogP contribution is 2.30. The highest BCUT2D eigenvalue weighted by molar-refractivity contribution is 9.10. The van der Waals surface area contributed by atoms with Crippen LogP contribution < -0.4 is 10.1 Å². The van der Waals surface area contributed by atoms with E-state index in [1.165, 1.54) is 31.3 Å². The summed E-state index contributed by atoms with van der Waals surface area (Å²) in [5.41, 5.74) is 3.72. The predicted molar refractivity (Wildman–Crippen MR) is 109 cm³/mol. The van der Waals surface area contributed by atoms with Gasteiger partial charge in [-0.3, -0.25) is 4.79 Å². The van der Waals surface area contributed by atoms with Crippen LogP contribution in [0.2, 0.25) is 0 Å². The first-order chi connectivity index (χ1) is 12.7. The molecule has 0 unspecified atom stereocenters.